The molecule has 1 atom stereocenters. The molecule has 1 aromatic carbocycles. The summed E-state index contributed by atoms with van der Waals surface area (Å²) in [5.41, 5.74) is 0.563. The highest BCUT2D eigenvalue weighted by Crippen LogP contribution is 2.26. The van der Waals surface area contributed by atoms with E-state index in [0.29, 0.717) is 23.9 Å². The quantitative estimate of drug-likeness (QED) is 0.817. The predicted octanol–water partition coefficient (Wildman–Crippen LogP) is 1.69. The first-order valence-electron chi connectivity index (χ1n) is 6.72. The second kappa shape index (κ2) is 6.55. The molecule has 1 unspecified atom stereocenters. The van der Waals surface area contributed by atoms with E-state index in [1.54, 1.807) is 24.3 Å². The third-order valence-corrected chi connectivity index (χ3v) is 3.42. The van der Waals surface area contributed by atoms with Crippen LogP contribution in [0.3, 0.4) is 0 Å². The number of rotatable bonds is 6. The van der Waals surface area contributed by atoms with Crippen LogP contribution in [0.25, 0.3) is 0 Å². The fourth-order valence-corrected chi connectivity index (χ4v) is 2.28. The molecule has 19 heavy (non-hydrogen) atoms. The molecule has 4 nitrogen and oxygen atoms in total. The number of aliphatic hydroxyl groups excluding tert-OH is 1. The average Bonchev–Trinajstić information content (AvgIpc) is 2.40. The Morgan fingerprint density at radius 1 is 1.53 bits per heavy atom. The molecule has 1 aliphatic rings. The number of nitriles is 1. The first-order valence-corrected chi connectivity index (χ1v) is 6.72. The van der Waals surface area contributed by atoms with Crippen LogP contribution in [0, 0.1) is 17.2 Å². The van der Waals surface area contributed by atoms with E-state index >= 15 is 0 Å². The van der Waals surface area contributed by atoms with Gasteiger partial charge in [-0.25, -0.2) is 0 Å². The molecule has 4 heteroatoms. The third kappa shape index (κ3) is 4.23. The van der Waals surface area contributed by atoms with E-state index < -0.39 is 6.10 Å². The molecule has 2 rings (SSSR count). The van der Waals surface area contributed by atoms with Gasteiger partial charge in [0.05, 0.1) is 11.6 Å². The van der Waals surface area contributed by atoms with Crippen molar-refractivity contribution in [1.29, 1.82) is 5.26 Å². The molecule has 1 saturated carbocycles. The van der Waals surface area contributed by atoms with Crippen molar-refractivity contribution in [2.24, 2.45) is 5.92 Å². The molecular weight excluding hydrogens is 240 g/mol. The zero-order valence-corrected chi connectivity index (χ0v) is 11.2. The highest BCUT2D eigenvalue weighted by molar-refractivity contribution is 5.36. The lowest BCUT2D eigenvalue weighted by atomic mass is 9.82. The normalized spacial score (nSPS) is 23.2. The van der Waals surface area contributed by atoms with Gasteiger partial charge in [0.1, 0.15) is 18.5 Å². The molecular formula is C15H20N2O2. The van der Waals surface area contributed by atoms with E-state index in [4.69, 9.17) is 10.00 Å². The predicted molar refractivity (Wildman–Crippen MR) is 72.8 cm³/mol. The maximum atomic E-state index is 9.82. The standard InChI is InChI=1S/C15H20N2O2/c1-11-5-13(6-11)17-9-14(18)10-19-15-4-2-3-12(7-15)8-16/h2-4,7,11,13-14,17-18H,5-6,9-10H2,1H3. The Hall–Kier alpha value is -1.57. The van der Waals surface area contributed by atoms with E-state index in [2.05, 4.69) is 18.3 Å². The Kier molecular flexibility index (Phi) is 4.78. The Bertz CT molecular complexity index is 450. The summed E-state index contributed by atoms with van der Waals surface area (Å²) in [7, 11) is 0. The van der Waals surface area contributed by atoms with Crippen LogP contribution < -0.4 is 10.1 Å². The summed E-state index contributed by atoms with van der Waals surface area (Å²) in [6.45, 7) is 3.03. The smallest absolute Gasteiger partial charge is 0.120 e. The maximum Gasteiger partial charge on any atom is 0.120 e. The minimum atomic E-state index is -0.526. The molecule has 0 bridgehead atoms. The van der Waals surface area contributed by atoms with Crippen LogP contribution >= 0.6 is 0 Å². The molecule has 0 aliphatic heterocycles. The first kappa shape index (κ1) is 13.9. The van der Waals surface area contributed by atoms with Crippen LogP contribution in [0.5, 0.6) is 5.75 Å². The van der Waals surface area contributed by atoms with Crippen LogP contribution in [0.2, 0.25) is 0 Å². The fourth-order valence-electron chi connectivity index (χ4n) is 2.28. The summed E-state index contributed by atoms with van der Waals surface area (Å²) >= 11 is 0. The zero-order valence-electron chi connectivity index (χ0n) is 11.2. The molecule has 1 fully saturated rings. The van der Waals surface area contributed by atoms with Crippen molar-refractivity contribution in [3.8, 4) is 11.8 Å². The van der Waals surface area contributed by atoms with Gasteiger partial charge in [-0.2, -0.15) is 5.26 Å². The molecule has 0 amide bonds. The molecule has 0 aromatic heterocycles. The summed E-state index contributed by atoms with van der Waals surface area (Å²) < 4.78 is 5.47. The van der Waals surface area contributed by atoms with Gasteiger partial charge in [0.25, 0.3) is 0 Å². The summed E-state index contributed by atoms with van der Waals surface area (Å²) in [6, 6.07) is 9.56. The van der Waals surface area contributed by atoms with Crippen molar-refractivity contribution in [2.75, 3.05) is 13.2 Å². The Morgan fingerprint density at radius 3 is 3.00 bits per heavy atom. The number of benzene rings is 1. The number of hydrogen-bond donors (Lipinski definition) is 2. The molecule has 0 radical (unpaired) electrons. The topological polar surface area (TPSA) is 65.3 Å². The lowest BCUT2D eigenvalue weighted by molar-refractivity contribution is 0.0955. The van der Waals surface area contributed by atoms with Gasteiger partial charge in [0.15, 0.2) is 0 Å². The monoisotopic (exact) mass is 260 g/mol. The lowest BCUT2D eigenvalue weighted by Crippen LogP contribution is -2.44. The number of nitrogens with one attached hydrogen (secondary N) is 1. The first-order chi connectivity index (χ1) is 9.17. The molecule has 0 spiro atoms. The van der Waals surface area contributed by atoms with Crippen molar-refractivity contribution in [1.82, 2.24) is 5.32 Å². The second-order valence-electron chi connectivity index (χ2n) is 5.29. The maximum absolute atomic E-state index is 9.82. The van der Waals surface area contributed by atoms with Crippen molar-refractivity contribution >= 4 is 0 Å². The minimum absolute atomic E-state index is 0.240. The van der Waals surface area contributed by atoms with Gasteiger partial charge >= 0.3 is 0 Å². The van der Waals surface area contributed by atoms with Gasteiger partial charge in [0.2, 0.25) is 0 Å². The Labute approximate surface area is 114 Å². The summed E-state index contributed by atoms with van der Waals surface area (Å²) in [5.74, 6) is 1.43. The van der Waals surface area contributed by atoms with E-state index in [1.165, 1.54) is 12.8 Å². The second-order valence-corrected chi connectivity index (χ2v) is 5.29. The van der Waals surface area contributed by atoms with Gasteiger partial charge in [-0.1, -0.05) is 13.0 Å². The number of ether oxygens (including phenoxy) is 1. The SMILES string of the molecule is CC1CC(NCC(O)COc2cccc(C#N)c2)C1. The molecule has 1 aliphatic carbocycles. The van der Waals surface area contributed by atoms with Crippen LogP contribution in [0.4, 0.5) is 0 Å². The van der Waals surface area contributed by atoms with E-state index in [-0.39, 0.29) is 6.61 Å². The molecule has 2 N–H and O–H groups in total. The van der Waals surface area contributed by atoms with Gasteiger partial charge in [-0.05, 0) is 37.0 Å². The summed E-state index contributed by atoms with van der Waals surface area (Å²) in [5, 5.41) is 21.9. The van der Waals surface area contributed by atoms with Crippen LogP contribution in [0.1, 0.15) is 25.3 Å². The van der Waals surface area contributed by atoms with Crippen LogP contribution in [-0.4, -0.2) is 30.4 Å². The Morgan fingerprint density at radius 2 is 2.32 bits per heavy atom. The Balaban J connectivity index is 1.68. The lowest BCUT2D eigenvalue weighted by Gasteiger charge is -2.34. The summed E-state index contributed by atoms with van der Waals surface area (Å²) in [6.07, 6.45) is 1.86. The number of hydrogen-bond acceptors (Lipinski definition) is 4. The van der Waals surface area contributed by atoms with E-state index in [9.17, 15) is 5.11 Å². The largest absolute Gasteiger partial charge is 0.491 e. The average molecular weight is 260 g/mol. The van der Waals surface area contributed by atoms with Crippen LogP contribution in [0.15, 0.2) is 24.3 Å². The molecule has 1 aromatic rings. The van der Waals surface area contributed by atoms with Crippen molar-refractivity contribution in [2.45, 2.75) is 31.9 Å². The van der Waals surface area contributed by atoms with Crippen molar-refractivity contribution in [3.63, 3.8) is 0 Å². The van der Waals surface area contributed by atoms with E-state index in [1.807, 2.05) is 0 Å². The molecule has 102 valence electrons. The highest BCUT2D eigenvalue weighted by Gasteiger charge is 2.25. The number of nitrogens with zero attached hydrogens (tertiary/aromatic N) is 1. The fraction of sp³-hybridized carbons (Fsp3) is 0.533. The minimum Gasteiger partial charge on any atom is -0.491 e. The highest BCUT2D eigenvalue weighted by atomic mass is 16.5. The van der Waals surface area contributed by atoms with Gasteiger partial charge < -0.3 is 15.2 Å². The van der Waals surface area contributed by atoms with Gasteiger partial charge in [0, 0.05) is 12.6 Å². The van der Waals surface area contributed by atoms with Gasteiger partial charge in [-0.3, -0.25) is 0 Å². The molecule has 0 saturated heterocycles. The zero-order chi connectivity index (χ0) is 13.7. The van der Waals surface area contributed by atoms with Crippen molar-refractivity contribution < 1.29 is 9.84 Å². The number of aliphatic hydroxyl groups is 1. The van der Waals surface area contributed by atoms with Gasteiger partial charge in [-0.15, -0.1) is 0 Å². The third-order valence-electron chi connectivity index (χ3n) is 3.42. The van der Waals surface area contributed by atoms with Crippen molar-refractivity contribution in [3.05, 3.63) is 29.8 Å². The van der Waals surface area contributed by atoms with Crippen LogP contribution in [-0.2, 0) is 0 Å². The van der Waals surface area contributed by atoms with E-state index in [0.717, 1.165) is 5.92 Å². The summed E-state index contributed by atoms with van der Waals surface area (Å²) in [4.78, 5) is 0. The molecule has 0 heterocycles.